The molecular formula is C10H14N2Si. The average molecular weight is 190 g/mol. The molecule has 0 rings (SSSR count). The molecule has 2 nitrogen and oxygen atoms in total. The van der Waals surface area contributed by atoms with Crippen molar-refractivity contribution in [1.29, 1.82) is 10.5 Å². The van der Waals surface area contributed by atoms with Crippen LogP contribution in [-0.4, -0.2) is 8.07 Å². The molecule has 13 heavy (non-hydrogen) atoms. The van der Waals surface area contributed by atoms with E-state index in [1.807, 2.05) is 39.1 Å². The van der Waals surface area contributed by atoms with Gasteiger partial charge in [0.25, 0.3) is 0 Å². The summed E-state index contributed by atoms with van der Waals surface area (Å²) in [6.45, 7) is 7.73. The van der Waals surface area contributed by atoms with Crippen molar-refractivity contribution < 1.29 is 0 Å². The second-order valence-electron chi connectivity index (χ2n) is 3.25. The Balaban J connectivity index is 5.24. The van der Waals surface area contributed by atoms with Gasteiger partial charge in [-0.1, -0.05) is 25.2 Å². The quantitative estimate of drug-likeness (QED) is 0.496. The molecule has 0 aromatic heterocycles. The molecule has 0 spiro atoms. The van der Waals surface area contributed by atoms with Crippen molar-refractivity contribution in [3.8, 4) is 12.1 Å². The van der Waals surface area contributed by atoms with Crippen molar-refractivity contribution in [3.63, 3.8) is 0 Å². The molecule has 0 aliphatic rings. The second-order valence-corrected chi connectivity index (χ2v) is 7.58. The van der Waals surface area contributed by atoms with Gasteiger partial charge < -0.3 is 0 Å². The van der Waals surface area contributed by atoms with Crippen molar-refractivity contribution in [2.75, 3.05) is 0 Å². The highest BCUT2D eigenvalue weighted by Gasteiger charge is 2.30. The number of allylic oxidation sites excluding steroid dienone is 4. The highest BCUT2D eigenvalue weighted by molar-refractivity contribution is 6.92. The predicted octanol–water partition coefficient (Wildman–Crippen LogP) is 2.71. The largest absolute Gasteiger partial charge is 0.193 e. The minimum absolute atomic E-state index is 0.766. The van der Waals surface area contributed by atoms with E-state index in [1.165, 1.54) is 0 Å². The summed E-state index contributed by atoms with van der Waals surface area (Å²) in [7, 11) is -1.96. The zero-order valence-electron chi connectivity index (χ0n) is 8.55. The molecule has 0 heterocycles. The van der Waals surface area contributed by atoms with Crippen LogP contribution in [0.25, 0.3) is 0 Å². The third-order valence-electron chi connectivity index (χ3n) is 2.16. The monoisotopic (exact) mass is 190 g/mol. The van der Waals surface area contributed by atoms with Crippen LogP contribution in [0.2, 0.25) is 13.1 Å². The first-order chi connectivity index (χ1) is 6.04. The third-order valence-corrected chi connectivity index (χ3v) is 5.66. The Morgan fingerprint density at radius 2 is 1.31 bits per heavy atom. The fraction of sp³-hybridized carbons (Fsp3) is 0.400. The zero-order valence-corrected chi connectivity index (χ0v) is 9.55. The Morgan fingerprint density at radius 1 is 1.00 bits per heavy atom. The van der Waals surface area contributed by atoms with Gasteiger partial charge in [-0.3, -0.25) is 0 Å². The summed E-state index contributed by atoms with van der Waals surface area (Å²) in [4.78, 5) is 0. The Kier molecular flexibility index (Phi) is 4.17. The Labute approximate surface area is 80.8 Å². The Bertz CT molecular complexity index is 292. The first-order valence-electron chi connectivity index (χ1n) is 4.18. The lowest BCUT2D eigenvalue weighted by molar-refractivity contribution is 1.46. The minimum atomic E-state index is -1.96. The molecular weight excluding hydrogens is 176 g/mol. The molecule has 0 atom stereocenters. The van der Waals surface area contributed by atoms with E-state index in [2.05, 4.69) is 12.1 Å². The van der Waals surface area contributed by atoms with Gasteiger partial charge in [0.05, 0.1) is 12.1 Å². The number of hydrogen-bond acceptors (Lipinski definition) is 2. The van der Waals surface area contributed by atoms with E-state index in [1.54, 1.807) is 0 Å². The molecule has 68 valence electrons. The van der Waals surface area contributed by atoms with Crippen molar-refractivity contribution >= 4 is 8.07 Å². The van der Waals surface area contributed by atoms with Crippen molar-refractivity contribution in [3.05, 3.63) is 22.5 Å². The van der Waals surface area contributed by atoms with Gasteiger partial charge in [-0.25, -0.2) is 0 Å². The van der Waals surface area contributed by atoms with E-state index < -0.39 is 8.07 Å². The van der Waals surface area contributed by atoms with Gasteiger partial charge in [-0.2, -0.15) is 10.5 Å². The van der Waals surface area contributed by atoms with Crippen LogP contribution in [0, 0.1) is 22.7 Å². The van der Waals surface area contributed by atoms with E-state index in [4.69, 9.17) is 10.5 Å². The van der Waals surface area contributed by atoms with Gasteiger partial charge in [-0.05, 0) is 13.8 Å². The maximum atomic E-state index is 8.88. The molecule has 0 aliphatic carbocycles. The van der Waals surface area contributed by atoms with E-state index in [9.17, 15) is 0 Å². The number of nitrogens with zero attached hydrogens (tertiary/aromatic N) is 2. The van der Waals surface area contributed by atoms with Crippen LogP contribution < -0.4 is 0 Å². The van der Waals surface area contributed by atoms with Gasteiger partial charge >= 0.3 is 0 Å². The van der Waals surface area contributed by atoms with Crippen LogP contribution in [0.5, 0.6) is 0 Å². The highest BCUT2D eigenvalue weighted by Crippen LogP contribution is 2.22. The average Bonchev–Trinajstić information content (AvgIpc) is 2.07. The van der Waals surface area contributed by atoms with E-state index >= 15 is 0 Å². The second kappa shape index (κ2) is 4.64. The molecule has 0 saturated heterocycles. The van der Waals surface area contributed by atoms with Gasteiger partial charge in [0.2, 0.25) is 0 Å². The fourth-order valence-corrected chi connectivity index (χ4v) is 3.57. The van der Waals surface area contributed by atoms with Gasteiger partial charge in [0, 0.05) is 10.4 Å². The standard InChI is InChI=1S/C10H14N2Si/c1-5-9(7-11)13(3,4)10(6-2)8-12/h5-6H,1-4H3. The first-order valence-corrected chi connectivity index (χ1v) is 7.18. The highest BCUT2D eigenvalue weighted by atomic mass is 28.3. The summed E-state index contributed by atoms with van der Waals surface area (Å²) in [6, 6.07) is 4.34. The molecule has 0 bridgehead atoms. The maximum Gasteiger partial charge on any atom is 0.138 e. The van der Waals surface area contributed by atoms with Crippen molar-refractivity contribution in [2.45, 2.75) is 26.9 Å². The third kappa shape index (κ3) is 2.30. The molecule has 0 fully saturated rings. The predicted molar refractivity (Wildman–Crippen MR) is 56.2 cm³/mol. The van der Waals surface area contributed by atoms with Gasteiger partial charge in [0.1, 0.15) is 8.07 Å². The maximum absolute atomic E-state index is 8.88. The van der Waals surface area contributed by atoms with E-state index in [0.29, 0.717) is 0 Å². The summed E-state index contributed by atoms with van der Waals surface area (Å²) in [6.07, 6.45) is 3.63. The lowest BCUT2D eigenvalue weighted by Crippen LogP contribution is -2.31. The van der Waals surface area contributed by atoms with Gasteiger partial charge in [0.15, 0.2) is 0 Å². The summed E-state index contributed by atoms with van der Waals surface area (Å²) in [5.41, 5.74) is 0. The van der Waals surface area contributed by atoms with Crippen LogP contribution in [0.15, 0.2) is 22.5 Å². The molecule has 0 aromatic carbocycles. The topological polar surface area (TPSA) is 47.6 Å². The van der Waals surface area contributed by atoms with Crippen molar-refractivity contribution in [1.82, 2.24) is 0 Å². The summed E-state index contributed by atoms with van der Waals surface area (Å²) < 4.78 is 0. The van der Waals surface area contributed by atoms with Crippen LogP contribution in [0.3, 0.4) is 0 Å². The minimum Gasteiger partial charge on any atom is -0.193 e. The SMILES string of the molecule is CC=C(C#N)[Si](C)(C)C(C#N)=CC. The zero-order chi connectivity index (χ0) is 10.5. The van der Waals surface area contributed by atoms with Gasteiger partial charge in [-0.15, -0.1) is 0 Å². The Hall–Kier alpha value is -1.32. The summed E-state index contributed by atoms with van der Waals surface area (Å²) >= 11 is 0. The molecule has 0 N–H and O–H groups in total. The molecule has 0 aliphatic heterocycles. The number of rotatable bonds is 2. The van der Waals surface area contributed by atoms with Crippen LogP contribution in [0.1, 0.15) is 13.8 Å². The molecule has 0 unspecified atom stereocenters. The Morgan fingerprint density at radius 3 is 1.46 bits per heavy atom. The van der Waals surface area contributed by atoms with Crippen LogP contribution >= 0.6 is 0 Å². The number of nitriles is 2. The summed E-state index contributed by atoms with van der Waals surface area (Å²) in [5, 5.41) is 19.3. The van der Waals surface area contributed by atoms with Crippen molar-refractivity contribution in [2.24, 2.45) is 0 Å². The first kappa shape index (κ1) is 11.7. The lowest BCUT2D eigenvalue weighted by atomic mass is 10.5. The summed E-state index contributed by atoms with van der Waals surface area (Å²) in [5.74, 6) is 0. The van der Waals surface area contributed by atoms with E-state index in [-0.39, 0.29) is 0 Å². The van der Waals surface area contributed by atoms with Crippen LogP contribution in [-0.2, 0) is 0 Å². The normalized spacial score (nSPS) is 13.4. The molecule has 0 aromatic rings. The molecule has 0 amide bonds. The number of hydrogen-bond donors (Lipinski definition) is 0. The molecule has 0 radical (unpaired) electrons. The van der Waals surface area contributed by atoms with E-state index in [0.717, 1.165) is 10.4 Å². The smallest absolute Gasteiger partial charge is 0.138 e. The lowest BCUT2D eigenvalue weighted by Gasteiger charge is -2.19. The van der Waals surface area contributed by atoms with Crippen LogP contribution in [0.4, 0.5) is 0 Å². The molecule has 3 heteroatoms. The molecule has 0 saturated carbocycles. The fourth-order valence-electron chi connectivity index (χ4n) is 1.28.